The number of hydrogen-bond acceptors (Lipinski definition) is 3. The highest BCUT2D eigenvalue weighted by atomic mass is 16.1. The third-order valence-corrected chi connectivity index (χ3v) is 2.52. The maximum absolute atomic E-state index is 11.7. The second-order valence-corrected chi connectivity index (χ2v) is 3.39. The number of rotatable bonds is 1. The third-order valence-electron chi connectivity index (χ3n) is 2.52. The molecule has 0 radical (unpaired) electrons. The molecule has 0 amide bonds. The Balaban J connectivity index is 2.44. The second-order valence-electron chi connectivity index (χ2n) is 3.39. The van der Waals surface area contributed by atoms with Crippen LogP contribution in [0.4, 0.5) is 0 Å². The molecule has 0 spiro atoms. The molecule has 1 aliphatic heterocycles. The zero-order valence-corrected chi connectivity index (χ0v) is 7.73. The molecule has 1 aromatic rings. The lowest BCUT2D eigenvalue weighted by Crippen LogP contribution is -2.27. The molecule has 1 fully saturated rings. The normalized spacial score (nSPS) is 20.6. The van der Waals surface area contributed by atoms with Crippen molar-refractivity contribution in [2.24, 2.45) is 0 Å². The highest BCUT2D eigenvalue weighted by Gasteiger charge is 2.17. The smallest absolute Gasteiger partial charge is 0.268 e. The van der Waals surface area contributed by atoms with E-state index >= 15 is 0 Å². The van der Waals surface area contributed by atoms with E-state index in [1.54, 1.807) is 22.9 Å². The lowest BCUT2D eigenvalue weighted by atomic mass is 10.2. The summed E-state index contributed by atoms with van der Waals surface area (Å²) in [5.74, 6) is 0. The Morgan fingerprint density at radius 1 is 1.64 bits per heavy atom. The molecule has 1 saturated heterocycles. The first kappa shape index (κ1) is 8.97. The third kappa shape index (κ3) is 1.42. The summed E-state index contributed by atoms with van der Waals surface area (Å²) in [7, 11) is 0. The summed E-state index contributed by atoms with van der Waals surface area (Å²) < 4.78 is 1.65. The predicted molar refractivity (Wildman–Crippen MR) is 51.9 cm³/mol. The van der Waals surface area contributed by atoms with E-state index in [1.807, 2.05) is 6.07 Å². The number of pyridine rings is 1. The quantitative estimate of drug-likeness (QED) is 0.689. The van der Waals surface area contributed by atoms with Crippen LogP contribution in [0.15, 0.2) is 23.1 Å². The van der Waals surface area contributed by atoms with Crippen LogP contribution in [-0.4, -0.2) is 17.7 Å². The van der Waals surface area contributed by atoms with E-state index in [4.69, 9.17) is 5.26 Å². The minimum atomic E-state index is -0.177. The summed E-state index contributed by atoms with van der Waals surface area (Å²) in [6.45, 7) is 1.75. The van der Waals surface area contributed by atoms with Gasteiger partial charge in [-0.25, -0.2) is 0 Å². The van der Waals surface area contributed by atoms with Crippen molar-refractivity contribution in [2.75, 3.05) is 13.1 Å². The number of nitrogens with zero attached hydrogens (tertiary/aromatic N) is 2. The lowest BCUT2D eigenvalue weighted by Gasteiger charge is -2.11. The fourth-order valence-corrected chi connectivity index (χ4v) is 1.76. The van der Waals surface area contributed by atoms with Gasteiger partial charge in [-0.15, -0.1) is 0 Å². The Morgan fingerprint density at radius 2 is 2.50 bits per heavy atom. The first-order valence-corrected chi connectivity index (χ1v) is 4.65. The average molecular weight is 189 g/mol. The molecule has 1 N–H and O–H groups in total. The summed E-state index contributed by atoms with van der Waals surface area (Å²) in [4.78, 5) is 11.7. The summed E-state index contributed by atoms with van der Waals surface area (Å²) in [5.41, 5.74) is 0.0445. The van der Waals surface area contributed by atoms with Crippen molar-refractivity contribution in [3.8, 4) is 6.07 Å². The topological polar surface area (TPSA) is 57.8 Å². The first-order valence-electron chi connectivity index (χ1n) is 4.65. The highest BCUT2D eigenvalue weighted by molar-refractivity contribution is 5.25. The largest absolute Gasteiger partial charge is 0.315 e. The molecule has 4 nitrogen and oxygen atoms in total. The van der Waals surface area contributed by atoms with Gasteiger partial charge in [-0.3, -0.25) is 4.79 Å². The predicted octanol–water partition coefficient (Wildman–Crippen LogP) is 0.254. The molecule has 1 aromatic heterocycles. The van der Waals surface area contributed by atoms with Gasteiger partial charge in [-0.05, 0) is 25.1 Å². The van der Waals surface area contributed by atoms with Gasteiger partial charge in [0.1, 0.15) is 11.6 Å². The van der Waals surface area contributed by atoms with Gasteiger partial charge in [-0.2, -0.15) is 5.26 Å². The van der Waals surface area contributed by atoms with E-state index in [-0.39, 0.29) is 17.2 Å². The zero-order chi connectivity index (χ0) is 9.97. The number of nitrogens with one attached hydrogen (secondary N) is 1. The van der Waals surface area contributed by atoms with E-state index in [0.29, 0.717) is 0 Å². The summed E-state index contributed by atoms with van der Waals surface area (Å²) in [6, 6.07) is 5.41. The fourth-order valence-electron chi connectivity index (χ4n) is 1.76. The van der Waals surface area contributed by atoms with Crippen LogP contribution >= 0.6 is 0 Å². The molecule has 72 valence electrons. The second kappa shape index (κ2) is 3.64. The van der Waals surface area contributed by atoms with Gasteiger partial charge in [-0.1, -0.05) is 0 Å². The van der Waals surface area contributed by atoms with Crippen molar-refractivity contribution in [3.63, 3.8) is 0 Å². The van der Waals surface area contributed by atoms with Crippen molar-refractivity contribution >= 4 is 0 Å². The van der Waals surface area contributed by atoms with Gasteiger partial charge in [0, 0.05) is 12.7 Å². The van der Waals surface area contributed by atoms with Crippen molar-refractivity contribution < 1.29 is 0 Å². The molecule has 0 bridgehead atoms. The van der Waals surface area contributed by atoms with Crippen LogP contribution in [-0.2, 0) is 0 Å². The van der Waals surface area contributed by atoms with Crippen molar-refractivity contribution in [3.05, 3.63) is 34.2 Å². The first-order chi connectivity index (χ1) is 6.83. The van der Waals surface area contributed by atoms with Crippen LogP contribution in [0.5, 0.6) is 0 Å². The average Bonchev–Trinajstić information content (AvgIpc) is 2.71. The van der Waals surface area contributed by atoms with Gasteiger partial charge in [0.15, 0.2) is 0 Å². The van der Waals surface area contributed by atoms with E-state index < -0.39 is 0 Å². The van der Waals surface area contributed by atoms with E-state index in [9.17, 15) is 4.79 Å². The monoisotopic (exact) mass is 189 g/mol. The Hall–Kier alpha value is -1.60. The molecule has 0 aliphatic carbocycles. The summed E-state index contributed by atoms with van der Waals surface area (Å²) in [6.07, 6.45) is 2.70. The molecule has 2 rings (SSSR count). The minimum absolute atomic E-state index is 0.177. The maximum Gasteiger partial charge on any atom is 0.268 e. The molecule has 4 heteroatoms. The molecule has 14 heavy (non-hydrogen) atoms. The summed E-state index contributed by atoms with van der Waals surface area (Å²) in [5, 5.41) is 11.9. The van der Waals surface area contributed by atoms with Crippen molar-refractivity contribution in [1.29, 1.82) is 5.26 Å². The minimum Gasteiger partial charge on any atom is -0.315 e. The SMILES string of the molecule is N#Cc1cccn(C2CCNC2)c1=O. The van der Waals surface area contributed by atoms with Crippen LogP contribution in [0.3, 0.4) is 0 Å². The summed E-state index contributed by atoms with van der Waals surface area (Å²) >= 11 is 0. The van der Waals surface area contributed by atoms with Crippen LogP contribution in [0.1, 0.15) is 18.0 Å². The van der Waals surface area contributed by atoms with E-state index in [1.165, 1.54) is 0 Å². The van der Waals surface area contributed by atoms with E-state index in [0.717, 1.165) is 19.5 Å². The Morgan fingerprint density at radius 3 is 3.14 bits per heavy atom. The van der Waals surface area contributed by atoms with Crippen LogP contribution in [0.2, 0.25) is 0 Å². The van der Waals surface area contributed by atoms with E-state index in [2.05, 4.69) is 5.32 Å². The Kier molecular flexibility index (Phi) is 2.33. The van der Waals surface area contributed by atoms with Crippen LogP contribution < -0.4 is 10.9 Å². The molecule has 0 saturated carbocycles. The lowest BCUT2D eigenvalue weighted by molar-refractivity contribution is 0.528. The molecular weight excluding hydrogens is 178 g/mol. The number of hydrogen-bond donors (Lipinski definition) is 1. The highest BCUT2D eigenvalue weighted by Crippen LogP contribution is 2.12. The van der Waals surface area contributed by atoms with Gasteiger partial charge in [0.05, 0.1) is 6.04 Å². The van der Waals surface area contributed by atoms with Gasteiger partial charge in [0.2, 0.25) is 0 Å². The van der Waals surface area contributed by atoms with Crippen LogP contribution in [0.25, 0.3) is 0 Å². The number of nitriles is 1. The fraction of sp³-hybridized carbons (Fsp3) is 0.400. The molecule has 1 atom stereocenters. The van der Waals surface area contributed by atoms with Crippen molar-refractivity contribution in [2.45, 2.75) is 12.5 Å². The van der Waals surface area contributed by atoms with Gasteiger partial charge >= 0.3 is 0 Å². The molecular formula is C10H11N3O. The zero-order valence-electron chi connectivity index (χ0n) is 7.73. The Labute approximate surface area is 81.8 Å². The molecule has 1 unspecified atom stereocenters. The molecule has 0 aromatic carbocycles. The van der Waals surface area contributed by atoms with Crippen molar-refractivity contribution in [1.82, 2.24) is 9.88 Å². The molecule has 2 heterocycles. The standard InChI is InChI=1S/C10H11N3O/c11-6-8-2-1-5-13(10(8)14)9-3-4-12-7-9/h1-2,5,9,12H,3-4,7H2. The van der Waals surface area contributed by atoms with Gasteiger partial charge < -0.3 is 9.88 Å². The van der Waals surface area contributed by atoms with Gasteiger partial charge in [0.25, 0.3) is 5.56 Å². The number of aromatic nitrogens is 1. The Bertz CT molecular complexity index is 424. The maximum atomic E-state index is 11.7. The van der Waals surface area contributed by atoms with Crippen LogP contribution in [0, 0.1) is 11.3 Å². The molecule has 1 aliphatic rings.